The number of hydrogen-bond donors (Lipinski definition) is 0. The number of aliphatic imine (C=N–C) groups is 1. The van der Waals surface area contributed by atoms with Crippen LogP contribution in [0.4, 0.5) is 0 Å². The molecule has 0 aromatic carbocycles. The third kappa shape index (κ3) is 22.8. The lowest BCUT2D eigenvalue weighted by atomic mass is 10.9. The summed E-state index contributed by atoms with van der Waals surface area (Å²) in [4.78, 5) is 3.61. The monoisotopic (exact) mass is 73.1 g/mol. The van der Waals surface area contributed by atoms with Crippen molar-refractivity contribution in [1.82, 2.24) is 0 Å². The summed E-state index contributed by atoms with van der Waals surface area (Å²) in [6.45, 7) is 1.89. The van der Waals surface area contributed by atoms with Crippen molar-refractivity contribution in [3.05, 3.63) is 0 Å². The Morgan fingerprint density at radius 2 is 1.80 bits per heavy atom. The van der Waals surface area contributed by atoms with E-state index in [0.717, 1.165) is 0 Å². The minimum Gasteiger partial charge on any atom is -0.301 e. The van der Waals surface area contributed by atoms with E-state index in [9.17, 15) is 0 Å². The Labute approximate surface area is 33.7 Å². The highest BCUT2D eigenvalue weighted by molar-refractivity contribution is 5.52. The van der Waals surface area contributed by atoms with E-state index in [1.54, 1.807) is 13.3 Å². The molecule has 0 aliphatic heterocycles. The van der Waals surface area contributed by atoms with Gasteiger partial charge in [0.15, 0.2) is 0 Å². The fourth-order valence-corrected chi connectivity index (χ4v) is 0. The van der Waals surface area contributed by atoms with E-state index in [2.05, 4.69) is 4.99 Å². The Bertz CT molecular complexity index is 18.8. The van der Waals surface area contributed by atoms with Crippen LogP contribution in [0.5, 0.6) is 0 Å². The summed E-state index contributed by atoms with van der Waals surface area (Å²) in [5, 5.41) is 0. The molecule has 0 heterocycles. The van der Waals surface area contributed by atoms with Crippen molar-refractivity contribution < 1.29 is 0 Å². The van der Waals surface area contributed by atoms with Crippen molar-refractivity contribution in [2.45, 2.75) is 14.4 Å². The second-order valence-corrected chi connectivity index (χ2v) is 0.516. The van der Waals surface area contributed by atoms with Gasteiger partial charge in [0.2, 0.25) is 0 Å². The standard InChI is InChI=1S/C3H7N.CH4/c1-3-4-2;/h3H,1-2H3;1H4. The van der Waals surface area contributed by atoms with Crippen molar-refractivity contribution in [3.63, 3.8) is 0 Å². The Hall–Kier alpha value is -0.330. The second-order valence-electron chi connectivity index (χ2n) is 0.516. The molecule has 0 aliphatic rings. The molecule has 5 heavy (non-hydrogen) atoms. The summed E-state index contributed by atoms with van der Waals surface area (Å²) < 4.78 is 0. The molecule has 0 aromatic heterocycles. The van der Waals surface area contributed by atoms with E-state index in [4.69, 9.17) is 0 Å². The zero-order valence-electron chi connectivity index (χ0n) is 3.02. The summed E-state index contributed by atoms with van der Waals surface area (Å²) in [5.41, 5.74) is 0. The normalized spacial score (nSPS) is 7.60. The smallest absolute Gasteiger partial charge is 0.0273 e. The Balaban J connectivity index is 0. The first kappa shape index (κ1) is 8.82. The van der Waals surface area contributed by atoms with E-state index in [1.165, 1.54) is 0 Å². The van der Waals surface area contributed by atoms with Gasteiger partial charge in [-0.05, 0) is 13.1 Å². The van der Waals surface area contributed by atoms with Crippen LogP contribution in [0, 0.1) is 0 Å². The van der Waals surface area contributed by atoms with Gasteiger partial charge in [0.05, 0.1) is 0 Å². The molecule has 0 atom stereocenters. The molecular weight excluding hydrogens is 62.1 g/mol. The minimum absolute atomic E-state index is 0. The average molecular weight is 73.1 g/mol. The largest absolute Gasteiger partial charge is 0.301 e. The summed E-state index contributed by atoms with van der Waals surface area (Å²) in [5.74, 6) is 0. The predicted octanol–water partition coefficient (Wildman–Crippen LogP) is 1.34. The van der Waals surface area contributed by atoms with Gasteiger partial charge in [0.1, 0.15) is 0 Å². The first-order valence-electron chi connectivity index (χ1n) is 1.28. The molecular formula is C4H11N. The molecule has 0 N–H and O–H groups in total. The van der Waals surface area contributed by atoms with Gasteiger partial charge in [0.25, 0.3) is 0 Å². The van der Waals surface area contributed by atoms with Crippen molar-refractivity contribution in [2.75, 3.05) is 7.05 Å². The van der Waals surface area contributed by atoms with Crippen molar-refractivity contribution in [1.29, 1.82) is 0 Å². The highest BCUT2D eigenvalue weighted by Crippen LogP contribution is 1.39. The molecule has 0 amide bonds. The lowest BCUT2D eigenvalue weighted by molar-refractivity contribution is 1.46. The molecule has 0 spiro atoms. The molecule has 0 bridgehead atoms. The zero-order chi connectivity index (χ0) is 3.41. The van der Waals surface area contributed by atoms with Crippen LogP contribution in [0.25, 0.3) is 0 Å². The third-order valence-electron chi connectivity index (χ3n) is 0.258. The van der Waals surface area contributed by atoms with Crippen LogP contribution in [-0.4, -0.2) is 13.3 Å². The maximum absolute atomic E-state index is 3.61. The predicted molar refractivity (Wildman–Crippen MR) is 26.8 cm³/mol. The van der Waals surface area contributed by atoms with Crippen molar-refractivity contribution in [3.8, 4) is 0 Å². The van der Waals surface area contributed by atoms with Crippen LogP contribution in [-0.2, 0) is 0 Å². The van der Waals surface area contributed by atoms with Crippen molar-refractivity contribution >= 4 is 6.21 Å². The van der Waals surface area contributed by atoms with Gasteiger partial charge in [-0.3, -0.25) is 0 Å². The molecule has 0 aromatic rings. The number of rotatable bonds is 0. The topological polar surface area (TPSA) is 12.4 Å². The molecule has 1 heteroatoms. The lowest BCUT2D eigenvalue weighted by Gasteiger charge is -1.53. The summed E-state index contributed by atoms with van der Waals surface area (Å²) in [6, 6.07) is 0. The van der Waals surface area contributed by atoms with Gasteiger partial charge in [0, 0.05) is 7.05 Å². The van der Waals surface area contributed by atoms with E-state index in [1.807, 2.05) is 6.92 Å². The Kier molecular flexibility index (Phi) is 16.6. The zero-order valence-corrected chi connectivity index (χ0v) is 3.02. The van der Waals surface area contributed by atoms with Crippen LogP contribution in [0.1, 0.15) is 14.4 Å². The van der Waals surface area contributed by atoms with Crippen LogP contribution < -0.4 is 0 Å². The Morgan fingerprint density at radius 1 is 1.60 bits per heavy atom. The molecule has 0 aliphatic carbocycles. The highest BCUT2D eigenvalue weighted by atomic mass is 14.6. The molecule has 0 saturated heterocycles. The van der Waals surface area contributed by atoms with E-state index in [0.29, 0.717) is 0 Å². The SMILES string of the molecule is C.CC=NC. The quantitative estimate of drug-likeness (QED) is 0.384. The summed E-state index contributed by atoms with van der Waals surface area (Å²) >= 11 is 0. The lowest BCUT2D eigenvalue weighted by Crippen LogP contribution is -1.47. The van der Waals surface area contributed by atoms with Gasteiger partial charge < -0.3 is 4.99 Å². The van der Waals surface area contributed by atoms with Crippen LogP contribution in [0.15, 0.2) is 4.99 Å². The van der Waals surface area contributed by atoms with Gasteiger partial charge in [-0.1, -0.05) is 7.43 Å². The fraction of sp³-hybridized carbons (Fsp3) is 0.750. The molecule has 1 nitrogen and oxygen atoms in total. The second kappa shape index (κ2) is 9.38. The van der Waals surface area contributed by atoms with Gasteiger partial charge in [-0.25, -0.2) is 0 Å². The van der Waals surface area contributed by atoms with Gasteiger partial charge >= 0.3 is 0 Å². The fourth-order valence-electron chi connectivity index (χ4n) is 0. The van der Waals surface area contributed by atoms with Crippen molar-refractivity contribution in [2.24, 2.45) is 4.99 Å². The van der Waals surface area contributed by atoms with E-state index >= 15 is 0 Å². The van der Waals surface area contributed by atoms with E-state index in [-0.39, 0.29) is 7.43 Å². The maximum atomic E-state index is 3.61. The molecule has 0 rings (SSSR count). The van der Waals surface area contributed by atoms with Crippen LogP contribution in [0.3, 0.4) is 0 Å². The molecule has 0 unspecified atom stereocenters. The first-order chi connectivity index (χ1) is 1.91. The maximum Gasteiger partial charge on any atom is 0.0273 e. The third-order valence-corrected chi connectivity index (χ3v) is 0.258. The van der Waals surface area contributed by atoms with E-state index < -0.39 is 0 Å². The highest BCUT2D eigenvalue weighted by Gasteiger charge is 1.32. The van der Waals surface area contributed by atoms with Gasteiger partial charge in [-0.15, -0.1) is 0 Å². The minimum atomic E-state index is 0. The average Bonchev–Trinajstić information content (AvgIpc) is 1.37. The van der Waals surface area contributed by atoms with Crippen LogP contribution in [0.2, 0.25) is 0 Å². The van der Waals surface area contributed by atoms with Crippen LogP contribution >= 0.6 is 0 Å². The first-order valence-corrected chi connectivity index (χ1v) is 1.28. The molecule has 0 saturated carbocycles. The molecule has 0 radical (unpaired) electrons. The number of nitrogens with zero attached hydrogens (tertiary/aromatic N) is 1. The number of hydrogen-bond acceptors (Lipinski definition) is 1. The molecule has 32 valence electrons. The summed E-state index contributed by atoms with van der Waals surface area (Å²) in [7, 11) is 1.75. The van der Waals surface area contributed by atoms with Gasteiger partial charge in [-0.2, -0.15) is 0 Å². The molecule has 0 fully saturated rings. The Morgan fingerprint density at radius 3 is 1.80 bits per heavy atom. The summed E-state index contributed by atoms with van der Waals surface area (Å²) in [6.07, 6.45) is 1.75.